The average Bonchev–Trinajstić information content (AvgIpc) is 3.05. The number of benzene rings is 1. The smallest absolute Gasteiger partial charge is 0.315 e. The molecule has 6 heteroatoms. The van der Waals surface area contributed by atoms with Crippen LogP contribution in [0.3, 0.4) is 0 Å². The molecule has 3 N–H and O–H groups in total. The summed E-state index contributed by atoms with van der Waals surface area (Å²) in [7, 11) is 1.79. The molecule has 0 bridgehead atoms. The van der Waals surface area contributed by atoms with Gasteiger partial charge < -0.3 is 15.7 Å². The van der Waals surface area contributed by atoms with E-state index in [1.807, 2.05) is 6.92 Å². The maximum absolute atomic E-state index is 12.1. The van der Waals surface area contributed by atoms with Gasteiger partial charge in [-0.25, -0.2) is 4.79 Å². The highest BCUT2D eigenvalue weighted by Gasteiger charge is 2.15. The van der Waals surface area contributed by atoms with Gasteiger partial charge in [-0.2, -0.15) is 5.10 Å². The van der Waals surface area contributed by atoms with Crippen molar-refractivity contribution in [3.8, 4) is 0 Å². The fourth-order valence-electron chi connectivity index (χ4n) is 3.27. The van der Waals surface area contributed by atoms with Crippen molar-refractivity contribution in [1.82, 2.24) is 20.4 Å². The van der Waals surface area contributed by atoms with Crippen LogP contribution in [-0.4, -0.2) is 27.5 Å². The van der Waals surface area contributed by atoms with E-state index in [2.05, 4.69) is 33.9 Å². The number of carbonyl (C=O) groups is 1. The van der Waals surface area contributed by atoms with Crippen molar-refractivity contribution in [2.24, 2.45) is 7.05 Å². The van der Waals surface area contributed by atoms with Gasteiger partial charge in [0.2, 0.25) is 0 Å². The molecule has 0 aliphatic heterocycles. The Morgan fingerprint density at radius 3 is 2.76 bits per heavy atom. The lowest BCUT2D eigenvalue weighted by molar-refractivity contribution is 0.172. The minimum absolute atomic E-state index is 0.0808. The number of aliphatic hydroxyl groups excluding tert-OH is 1. The number of amides is 2. The van der Waals surface area contributed by atoms with E-state index in [0.717, 1.165) is 18.4 Å². The molecule has 0 saturated heterocycles. The van der Waals surface area contributed by atoms with Gasteiger partial charge in [0, 0.05) is 25.4 Å². The van der Waals surface area contributed by atoms with Gasteiger partial charge >= 0.3 is 6.03 Å². The van der Waals surface area contributed by atoms with Gasteiger partial charge in [0.15, 0.2) is 0 Å². The number of hydrogen-bond acceptors (Lipinski definition) is 3. The summed E-state index contributed by atoms with van der Waals surface area (Å²) in [5, 5.41) is 19.7. The van der Waals surface area contributed by atoms with Crippen molar-refractivity contribution >= 4 is 6.03 Å². The molecule has 2 aromatic rings. The highest BCUT2D eigenvalue weighted by Crippen LogP contribution is 2.24. The van der Waals surface area contributed by atoms with E-state index >= 15 is 0 Å². The zero-order valence-corrected chi connectivity index (χ0v) is 14.8. The summed E-state index contributed by atoms with van der Waals surface area (Å²) in [6.07, 6.45) is 7.36. The summed E-state index contributed by atoms with van der Waals surface area (Å²) in [5.74, 6) is 0. The Bertz CT molecular complexity index is 741. The molecule has 6 nitrogen and oxygen atoms in total. The fourth-order valence-corrected chi connectivity index (χ4v) is 3.27. The summed E-state index contributed by atoms with van der Waals surface area (Å²) in [6, 6.07) is 6.13. The molecule has 0 fully saturated rings. The fraction of sp³-hybridized carbons (Fsp3) is 0.474. The highest BCUT2D eigenvalue weighted by molar-refractivity contribution is 5.74. The lowest BCUT2D eigenvalue weighted by atomic mass is 9.89. The standard InChI is InChI=1S/C19H26N4O2/c1-13(15-8-7-14-5-3-4-6-16(14)9-15)22-19(25)20-11-18(24)17-10-21-23(2)12-17/h7-10,12-13,18,24H,3-6,11H2,1-2H3,(H2,20,22,25)/t13-,18-/m0/s1. The van der Waals surface area contributed by atoms with E-state index in [0.29, 0.717) is 5.56 Å². The molecule has 25 heavy (non-hydrogen) atoms. The van der Waals surface area contributed by atoms with Gasteiger partial charge in [-0.3, -0.25) is 4.68 Å². The number of aromatic nitrogens is 2. The van der Waals surface area contributed by atoms with Gasteiger partial charge in [0.05, 0.1) is 18.3 Å². The van der Waals surface area contributed by atoms with Crippen LogP contribution < -0.4 is 10.6 Å². The molecule has 1 aliphatic rings. The topological polar surface area (TPSA) is 79.2 Å². The van der Waals surface area contributed by atoms with Gasteiger partial charge in [0.25, 0.3) is 0 Å². The molecule has 1 aromatic heterocycles. The molecular formula is C19H26N4O2. The van der Waals surface area contributed by atoms with Crippen LogP contribution in [0.5, 0.6) is 0 Å². The summed E-state index contributed by atoms with van der Waals surface area (Å²) in [6.45, 7) is 2.12. The quantitative estimate of drug-likeness (QED) is 0.781. The number of nitrogens with zero attached hydrogens (tertiary/aromatic N) is 2. The molecule has 1 heterocycles. The third-order valence-electron chi connectivity index (χ3n) is 4.79. The van der Waals surface area contributed by atoms with Crippen LogP contribution >= 0.6 is 0 Å². The molecule has 2 amide bonds. The molecule has 1 aliphatic carbocycles. The van der Waals surface area contributed by atoms with Crippen LogP contribution in [0.15, 0.2) is 30.6 Å². The number of aliphatic hydroxyl groups is 1. The van der Waals surface area contributed by atoms with E-state index in [1.165, 1.54) is 24.0 Å². The van der Waals surface area contributed by atoms with Crippen molar-refractivity contribution in [2.75, 3.05) is 6.54 Å². The molecule has 3 rings (SSSR count). The largest absolute Gasteiger partial charge is 0.386 e. The Morgan fingerprint density at radius 1 is 1.28 bits per heavy atom. The van der Waals surface area contributed by atoms with E-state index in [4.69, 9.17) is 0 Å². The monoisotopic (exact) mass is 342 g/mol. The second-order valence-electron chi connectivity index (χ2n) is 6.77. The van der Waals surface area contributed by atoms with Crippen LogP contribution in [0.25, 0.3) is 0 Å². The van der Waals surface area contributed by atoms with E-state index < -0.39 is 6.10 Å². The summed E-state index contributed by atoms with van der Waals surface area (Å²) in [4.78, 5) is 12.1. The van der Waals surface area contributed by atoms with E-state index in [1.54, 1.807) is 24.1 Å². The van der Waals surface area contributed by atoms with E-state index in [9.17, 15) is 9.90 Å². The van der Waals surface area contributed by atoms with E-state index in [-0.39, 0.29) is 18.6 Å². The number of carbonyl (C=O) groups excluding carboxylic acids is 1. The Kier molecular flexibility index (Phi) is 5.38. The van der Waals surface area contributed by atoms with Crippen molar-refractivity contribution in [3.63, 3.8) is 0 Å². The number of hydrogen-bond donors (Lipinski definition) is 3. The number of rotatable bonds is 5. The van der Waals surface area contributed by atoms with Crippen LogP contribution in [0.1, 0.15) is 54.2 Å². The van der Waals surface area contributed by atoms with Crippen molar-refractivity contribution in [1.29, 1.82) is 0 Å². The summed E-state index contributed by atoms with van der Waals surface area (Å²) in [5.41, 5.74) is 4.64. The lowest BCUT2D eigenvalue weighted by Gasteiger charge is -2.20. The van der Waals surface area contributed by atoms with Crippen LogP contribution in [0, 0.1) is 0 Å². The van der Waals surface area contributed by atoms with Crippen LogP contribution in [-0.2, 0) is 19.9 Å². The van der Waals surface area contributed by atoms with Crippen LogP contribution in [0.2, 0.25) is 0 Å². The summed E-state index contributed by atoms with van der Waals surface area (Å²) >= 11 is 0. The van der Waals surface area contributed by atoms with Gasteiger partial charge in [-0.05, 0) is 49.3 Å². The lowest BCUT2D eigenvalue weighted by Crippen LogP contribution is -2.39. The number of aryl methyl sites for hydroxylation is 3. The Morgan fingerprint density at radius 2 is 2.04 bits per heavy atom. The van der Waals surface area contributed by atoms with Crippen molar-refractivity contribution in [3.05, 3.63) is 52.8 Å². The normalized spacial score (nSPS) is 16.0. The second-order valence-corrected chi connectivity index (χ2v) is 6.77. The first-order valence-corrected chi connectivity index (χ1v) is 8.85. The minimum Gasteiger partial charge on any atom is -0.386 e. The van der Waals surface area contributed by atoms with Crippen molar-refractivity contribution in [2.45, 2.75) is 44.8 Å². The second kappa shape index (κ2) is 7.70. The first kappa shape index (κ1) is 17.5. The molecule has 0 spiro atoms. The Hall–Kier alpha value is -2.34. The molecule has 0 unspecified atom stereocenters. The maximum Gasteiger partial charge on any atom is 0.315 e. The van der Waals surface area contributed by atoms with Crippen LogP contribution in [0.4, 0.5) is 4.79 Å². The zero-order valence-electron chi connectivity index (χ0n) is 14.8. The van der Waals surface area contributed by atoms with Gasteiger partial charge in [-0.1, -0.05) is 18.2 Å². The Labute approximate surface area is 148 Å². The zero-order chi connectivity index (χ0) is 17.8. The summed E-state index contributed by atoms with van der Waals surface area (Å²) < 4.78 is 1.62. The first-order chi connectivity index (χ1) is 12.0. The molecule has 1 aromatic carbocycles. The Balaban J connectivity index is 1.52. The maximum atomic E-state index is 12.1. The first-order valence-electron chi connectivity index (χ1n) is 8.85. The minimum atomic E-state index is -0.765. The predicted octanol–water partition coefficient (Wildman–Crippen LogP) is 2.39. The molecule has 0 radical (unpaired) electrons. The SMILES string of the molecule is C[C@H](NC(=O)NC[C@H](O)c1cnn(C)c1)c1ccc2c(c1)CCCC2. The molecule has 2 atom stereocenters. The molecule has 0 saturated carbocycles. The molecular weight excluding hydrogens is 316 g/mol. The molecule has 134 valence electrons. The van der Waals surface area contributed by atoms with Gasteiger partial charge in [0.1, 0.15) is 0 Å². The third kappa shape index (κ3) is 4.39. The number of urea groups is 1. The number of nitrogens with one attached hydrogen (secondary N) is 2. The highest BCUT2D eigenvalue weighted by atomic mass is 16.3. The predicted molar refractivity (Wildman–Crippen MR) is 96.2 cm³/mol. The third-order valence-corrected chi connectivity index (χ3v) is 4.79. The average molecular weight is 342 g/mol. The number of fused-ring (bicyclic) bond motifs is 1. The van der Waals surface area contributed by atoms with Gasteiger partial charge in [-0.15, -0.1) is 0 Å². The van der Waals surface area contributed by atoms with Crippen molar-refractivity contribution < 1.29 is 9.90 Å².